The Bertz CT molecular complexity index is 259. The maximum atomic E-state index is 5.21. The zero-order chi connectivity index (χ0) is 11.3. The fourth-order valence-corrected chi connectivity index (χ4v) is 1.25. The van der Waals surface area contributed by atoms with Gasteiger partial charge in [-0.15, -0.1) is 0 Å². The first-order valence-corrected chi connectivity index (χ1v) is 5.33. The zero-order valence-corrected chi connectivity index (χ0v) is 10.1. The van der Waals surface area contributed by atoms with Gasteiger partial charge >= 0.3 is 0 Å². The third-order valence-electron chi connectivity index (χ3n) is 2.76. The molecule has 4 heteroatoms. The lowest BCUT2D eigenvalue weighted by Crippen LogP contribution is -2.40. The van der Waals surface area contributed by atoms with Crippen LogP contribution in [0.2, 0.25) is 0 Å². The van der Waals surface area contributed by atoms with Crippen LogP contribution in [0.3, 0.4) is 0 Å². The lowest BCUT2D eigenvalue weighted by atomic mass is 10.3. The molecule has 0 N–H and O–H groups in total. The molecule has 1 aromatic rings. The van der Waals surface area contributed by atoms with Gasteiger partial charge in [-0.2, -0.15) is 0 Å². The van der Waals surface area contributed by atoms with Gasteiger partial charge in [-0.1, -0.05) is 0 Å². The van der Waals surface area contributed by atoms with Crippen molar-refractivity contribution in [1.29, 1.82) is 0 Å². The molecule has 1 fully saturated rings. The maximum Gasteiger partial charge on any atom is 0.105 e. The topological polar surface area (TPSA) is 30.3 Å². The minimum absolute atomic E-state index is 0.615. The molecule has 0 amide bonds. The molecule has 1 aromatic heterocycles. The van der Waals surface area contributed by atoms with Crippen molar-refractivity contribution in [2.75, 3.05) is 26.8 Å². The molecule has 15 heavy (non-hydrogen) atoms. The van der Waals surface area contributed by atoms with E-state index >= 15 is 0 Å². The summed E-state index contributed by atoms with van der Waals surface area (Å²) in [4.78, 5) is 6.29. The van der Waals surface area contributed by atoms with Gasteiger partial charge in [0.2, 0.25) is 0 Å². The molecule has 1 aliphatic rings. The lowest BCUT2D eigenvalue weighted by molar-refractivity contribution is 0.0131. The quantitative estimate of drug-likeness (QED) is 0.643. The van der Waals surface area contributed by atoms with Crippen LogP contribution in [0.1, 0.15) is 12.7 Å². The largest absolute Gasteiger partial charge is 0.379 e. The van der Waals surface area contributed by atoms with E-state index < -0.39 is 0 Å². The van der Waals surface area contributed by atoms with Crippen LogP contribution in [-0.2, 0) is 11.8 Å². The summed E-state index contributed by atoms with van der Waals surface area (Å²) in [7, 11) is 4.11. The molecule has 2 rings (SSSR count). The molecule has 0 spiro atoms. The highest BCUT2D eigenvalue weighted by atomic mass is 16.5. The lowest BCUT2D eigenvalue weighted by Gasteiger charge is -2.29. The van der Waals surface area contributed by atoms with Crippen LogP contribution in [0.15, 0.2) is 12.4 Å². The van der Waals surface area contributed by atoms with Gasteiger partial charge in [-0.25, -0.2) is 4.98 Å². The second kappa shape index (κ2) is 5.88. The van der Waals surface area contributed by atoms with Crippen LogP contribution in [0.25, 0.3) is 0 Å². The van der Waals surface area contributed by atoms with Crippen LogP contribution in [0.5, 0.6) is 0 Å². The van der Waals surface area contributed by atoms with Gasteiger partial charge in [0.15, 0.2) is 0 Å². The number of aryl methyl sites for hydroxylation is 2. The molecule has 1 aliphatic heterocycles. The number of imidazole rings is 1. The summed E-state index contributed by atoms with van der Waals surface area (Å²) < 4.78 is 7.18. The van der Waals surface area contributed by atoms with Crippen LogP contribution >= 0.6 is 0 Å². The van der Waals surface area contributed by atoms with E-state index in [2.05, 4.69) is 23.9 Å². The molecule has 86 valence electrons. The van der Waals surface area contributed by atoms with E-state index in [1.165, 1.54) is 0 Å². The average molecular weight is 211 g/mol. The minimum Gasteiger partial charge on any atom is -0.379 e. The molecule has 0 bridgehead atoms. The highest BCUT2D eigenvalue weighted by Crippen LogP contribution is 2.00. The van der Waals surface area contributed by atoms with Crippen molar-refractivity contribution in [3.63, 3.8) is 0 Å². The third kappa shape index (κ3) is 4.01. The Hall–Kier alpha value is -0.870. The van der Waals surface area contributed by atoms with E-state index in [1.807, 2.05) is 24.7 Å². The summed E-state index contributed by atoms with van der Waals surface area (Å²) in [6.45, 7) is 7.04. The van der Waals surface area contributed by atoms with E-state index in [0.29, 0.717) is 6.04 Å². The summed E-state index contributed by atoms with van der Waals surface area (Å²) in [6, 6.07) is 0.615. The third-order valence-corrected chi connectivity index (χ3v) is 2.76. The monoisotopic (exact) mass is 211 g/mol. The van der Waals surface area contributed by atoms with E-state index in [-0.39, 0.29) is 0 Å². The average Bonchev–Trinajstić information content (AvgIpc) is 2.57. The van der Waals surface area contributed by atoms with Crippen molar-refractivity contribution in [2.24, 2.45) is 7.05 Å². The number of aromatic nitrogens is 2. The Morgan fingerprint density at radius 2 is 2.20 bits per heavy atom. The smallest absolute Gasteiger partial charge is 0.105 e. The number of ether oxygens (including phenoxy) is 1. The molecule has 0 radical (unpaired) electrons. The predicted octanol–water partition coefficient (Wildman–Crippen LogP) is 1.07. The maximum absolute atomic E-state index is 5.21. The number of hydrogen-bond acceptors (Lipinski definition) is 3. The first-order valence-electron chi connectivity index (χ1n) is 5.33. The Labute approximate surface area is 91.9 Å². The van der Waals surface area contributed by atoms with E-state index in [9.17, 15) is 0 Å². The van der Waals surface area contributed by atoms with Crippen molar-refractivity contribution >= 4 is 0 Å². The molecular formula is C11H21N3O. The SMILES string of the molecule is CC1COCCN1C.Cc1nccn1C. The number of nitrogens with zero attached hydrogens (tertiary/aromatic N) is 3. The normalized spacial score (nSPS) is 22.0. The van der Waals surface area contributed by atoms with Gasteiger partial charge in [0.1, 0.15) is 5.82 Å². The van der Waals surface area contributed by atoms with Crippen molar-refractivity contribution in [2.45, 2.75) is 19.9 Å². The van der Waals surface area contributed by atoms with E-state index in [0.717, 1.165) is 25.6 Å². The molecule has 1 saturated heterocycles. The van der Waals surface area contributed by atoms with Crippen LogP contribution in [0, 0.1) is 6.92 Å². The van der Waals surface area contributed by atoms with Gasteiger partial charge < -0.3 is 9.30 Å². The summed E-state index contributed by atoms with van der Waals surface area (Å²) in [5.74, 6) is 1.06. The molecule has 0 aromatic carbocycles. The van der Waals surface area contributed by atoms with Crippen LogP contribution in [-0.4, -0.2) is 47.3 Å². The highest BCUT2D eigenvalue weighted by Gasteiger charge is 2.12. The molecule has 1 unspecified atom stereocenters. The summed E-state index contributed by atoms with van der Waals surface area (Å²) in [5.41, 5.74) is 0. The number of rotatable bonds is 0. The van der Waals surface area contributed by atoms with Crippen molar-refractivity contribution < 1.29 is 4.74 Å². The summed E-state index contributed by atoms with van der Waals surface area (Å²) >= 11 is 0. The molecule has 1 atom stereocenters. The van der Waals surface area contributed by atoms with E-state index in [1.54, 1.807) is 6.20 Å². The Kier molecular flexibility index (Phi) is 4.78. The zero-order valence-electron chi connectivity index (χ0n) is 10.1. The Morgan fingerprint density at radius 3 is 2.47 bits per heavy atom. The van der Waals surface area contributed by atoms with Crippen LogP contribution < -0.4 is 0 Å². The second-order valence-corrected chi connectivity index (χ2v) is 3.99. The number of morpholine rings is 1. The van der Waals surface area contributed by atoms with Gasteiger partial charge in [0.05, 0.1) is 13.2 Å². The molecular weight excluding hydrogens is 190 g/mol. The van der Waals surface area contributed by atoms with Crippen molar-refractivity contribution in [1.82, 2.24) is 14.5 Å². The fraction of sp³-hybridized carbons (Fsp3) is 0.727. The fourth-order valence-electron chi connectivity index (χ4n) is 1.25. The highest BCUT2D eigenvalue weighted by molar-refractivity contribution is 4.85. The van der Waals surface area contributed by atoms with Crippen LogP contribution in [0.4, 0.5) is 0 Å². The van der Waals surface area contributed by atoms with Crippen molar-refractivity contribution in [3.05, 3.63) is 18.2 Å². The standard InChI is InChI=1S/C6H13NO.C5H8N2/c1-6-5-8-4-3-7(6)2;1-5-6-3-4-7(5)2/h6H,3-5H2,1-2H3;3-4H,1-2H3. The number of likely N-dealkylation sites (N-methyl/N-ethyl adjacent to an activating group) is 1. The molecule has 0 saturated carbocycles. The van der Waals surface area contributed by atoms with Gasteiger partial charge in [-0.05, 0) is 20.9 Å². The predicted molar refractivity (Wildman–Crippen MR) is 60.9 cm³/mol. The summed E-state index contributed by atoms with van der Waals surface area (Å²) in [6.07, 6.45) is 3.71. The minimum atomic E-state index is 0.615. The molecule has 0 aliphatic carbocycles. The molecule has 2 heterocycles. The second-order valence-electron chi connectivity index (χ2n) is 3.99. The first-order chi connectivity index (χ1) is 7.11. The van der Waals surface area contributed by atoms with E-state index in [4.69, 9.17) is 4.74 Å². The van der Waals surface area contributed by atoms with Gasteiger partial charge in [-0.3, -0.25) is 4.90 Å². The Morgan fingerprint density at radius 1 is 1.47 bits per heavy atom. The van der Waals surface area contributed by atoms with Gasteiger partial charge in [0, 0.05) is 32.0 Å². The summed E-state index contributed by atoms with van der Waals surface area (Å²) in [5, 5.41) is 0. The first kappa shape index (κ1) is 12.2. The Balaban J connectivity index is 0.000000151. The van der Waals surface area contributed by atoms with Gasteiger partial charge in [0.25, 0.3) is 0 Å². The van der Waals surface area contributed by atoms with Crippen molar-refractivity contribution in [3.8, 4) is 0 Å². The number of hydrogen-bond donors (Lipinski definition) is 0. The molecule has 4 nitrogen and oxygen atoms in total.